The number of amides is 1. The zero-order chi connectivity index (χ0) is 18.5. The number of hydrogen-bond donors (Lipinski definition) is 1. The van der Waals surface area contributed by atoms with Crippen LogP contribution < -0.4 is 10.1 Å². The lowest BCUT2D eigenvalue weighted by Gasteiger charge is -2.14. The second-order valence-corrected chi connectivity index (χ2v) is 5.98. The van der Waals surface area contributed by atoms with Crippen LogP contribution in [0.2, 0.25) is 0 Å². The number of nitrogens with one attached hydrogen (secondary N) is 1. The lowest BCUT2D eigenvalue weighted by molar-refractivity contribution is 0.0954. The van der Waals surface area contributed by atoms with Crippen LogP contribution in [-0.4, -0.2) is 39.8 Å². The first-order valence-electron chi connectivity index (χ1n) is 8.35. The van der Waals surface area contributed by atoms with Gasteiger partial charge in [-0.3, -0.25) is 4.79 Å². The van der Waals surface area contributed by atoms with Gasteiger partial charge in [-0.15, -0.1) is 5.10 Å². The third-order valence-corrected chi connectivity index (χ3v) is 4.40. The molecule has 0 fully saturated rings. The number of carbonyl (C=O) groups excluding carboxylic acids is 1. The molecule has 1 amide bonds. The van der Waals surface area contributed by atoms with Crippen LogP contribution in [0.4, 0.5) is 0 Å². The number of aryl methyl sites for hydroxylation is 1. The van der Waals surface area contributed by atoms with Gasteiger partial charge < -0.3 is 10.1 Å². The summed E-state index contributed by atoms with van der Waals surface area (Å²) in [6.07, 6.45) is 2.17. The Morgan fingerprint density at radius 2 is 2.00 bits per heavy atom. The molecule has 0 radical (unpaired) electrons. The van der Waals surface area contributed by atoms with Crippen molar-refractivity contribution < 1.29 is 9.53 Å². The normalized spacial score (nSPS) is 10.6. The van der Waals surface area contributed by atoms with Crippen molar-refractivity contribution in [3.63, 3.8) is 0 Å². The summed E-state index contributed by atoms with van der Waals surface area (Å²) in [7, 11) is 1.64. The average molecular weight is 351 g/mol. The largest absolute Gasteiger partial charge is 0.496 e. The topological polar surface area (TPSA) is 81.9 Å². The van der Waals surface area contributed by atoms with Crippen molar-refractivity contribution in [1.29, 1.82) is 0 Å². The number of para-hydroxylation sites is 1. The summed E-state index contributed by atoms with van der Waals surface area (Å²) in [5.41, 5.74) is 4.33. The highest BCUT2D eigenvalue weighted by atomic mass is 16.5. The Kier molecular flexibility index (Phi) is 5.26. The van der Waals surface area contributed by atoms with Gasteiger partial charge in [-0.1, -0.05) is 24.3 Å². The Hall–Kier alpha value is -3.22. The molecule has 2 aromatic carbocycles. The Balaban J connectivity index is 1.77. The minimum atomic E-state index is -0.159. The van der Waals surface area contributed by atoms with Crippen molar-refractivity contribution in [1.82, 2.24) is 25.5 Å². The Morgan fingerprint density at radius 1 is 1.19 bits per heavy atom. The number of aromatic nitrogens is 4. The van der Waals surface area contributed by atoms with E-state index in [1.165, 1.54) is 11.0 Å². The first kappa shape index (κ1) is 17.6. The minimum absolute atomic E-state index is 0.159. The summed E-state index contributed by atoms with van der Waals surface area (Å²) in [5.74, 6) is 0.663. The highest BCUT2D eigenvalue weighted by Gasteiger charge is 2.17. The van der Waals surface area contributed by atoms with Gasteiger partial charge in [0.05, 0.1) is 18.4 Å². The zero-order valence-electron chi connectivity index (χ0n) is 15.1. The van der Waals surface area contributed by atoms with Crippen LogP contribution >= 0.6 is 0 Å². The fourth-order valence-corrected chi connectivity index (χ4v) is 2.86. The molecule has 0 saturated carbocycles. The SMILES string of the molecule is COc1ccccc1CCNC(=O)c1ccc(C)c(C)c1-n1cnnn1. The van der Waals surface area contributed by atoms with Crippen LogP contribution in [0.25, 0.3) is 5.69 Å². The second-order valence-electron chi connectivity index (χ2n) is 5.98. The number of benzene rings is 2. The van der Waals surface area contributed by atoms with E-state index < -0.39 is 0 Å². The molecule has 0 aliphatic carbocycles. The molecular formula is C19H21N5O2. The summed E-state index contributed by atoms with van der Waals surface area (Å²) >= 11 is 0. The van der Waals surface area contributed by atoms with Gasteiger partial charge in [0.15, 0.2) is 0 Å². The van der Waals surface area contributed by atoms with Crippen molar-refractivity contribution in [2.75, 3.05) is 13.7 Å². The van der Waals surface area contributed by atoms with Crippen LogP contribution in [0, 0.1) is 13.8 Å². The molecule has 7 heteroatoms. The van der Waals surface area contributed by atoms with Crippen molar-refractivity contribution in [3.05, 3.63) is 65.0 Å². The van der Waals surface area contributed by atoms with E-state index in [1.807, 2.05) is 44.2 Å². The molecular weight excluding hydrogens is 330 g/mol. The van der Waals surface area contributed by atoms with E-state index in [1.54, 1.807) is 13.2 Å². The molecule has 3 rings (SSSR count). The van der Waals surface area contributed by atoms with Gasteiger partial charge in [-0.2, -0.15) is 4.68 Å². The molecule has 0 unspecified atom stereocenters. The standard InChI is InChI=1S/C19H21N5O2/c1-13-8-9-16(18(14(13)2)24-12-21-22-23-24)19(25)20-11-10-15-6-4-5-7-17(15)26-3/h4-9,12H,10-11H2,1-3H3,(H,20,25). The Morgan fingerprint density at radius 3 is 2.73 bits per heavy atom. The molecule has 7 nitrogen and oxygen atoms in total. The maximum Gasteiger partial charge on any atom is 0.253 e. The molecule has 0 bridgehead atoms. The van der Waals surface area contributed by atoms with E-state index in [0.29, 0.717) is 24.2 Å². The second kappa shape index (κ2) is 7.77. The van der Waals surface area contributed by atoms with Gasteiger partial charge in [-0.05, 0) is 59.5 Å². The Labute approximate surface area is 152 Å². The van der Waals surface area contributed by atoms with E-state index >= 15 is 0 Å². The number of tetrazole rings is 1. The number of carbonyl (C=O) groups is 1. The van der Waals surface area contributed by atoms with Crippen molar-refractivity contribution in [3.8, 4) is 11.4 Å². The predicted octanol–water partition coefficient (Wildman–Crippen LogP) is 2.26. The summed E-state index contributed by atoms with van der Waals surface area (Å²) < 4.78 is 6.87. The number of methoxy groups -OCH3 is 1. The predicted molar refractivity (Wildman–Crippen MR) is 97.7 cm³/mol. The molecule has 0 aliphatic heterocycles. The number of hydrogen-bond acceptors (Lipinski definition) is 5. The van der Waals surface area contributed by atoms with Gasteiger partial charge in [0.2, 0.25) is 0 Å². The molecule has 0 aliphatic rings. The van der Waals surface area contributed by atoms with Crippen molar-refractivity contribution in [2.45, 2.75) is 20.3 Å². The summed E-state index contributed by atoms with van der Waals surface area (Å²) in [5, 5.41) is 14.3. The van der Waals surface area contributed by atoms with Gasteiger partial charge in [0.25, 0.3) is 5.91 Å². The fourth-order valence-electron chi connectivity index (χ4n) is 2.86. The van der Waals surface area contributed by atoms with Crippen LogP contribution in [-0.2, 0) is 6.42 Å². The van der Waals surface area contributed by atoms with Gasteiger partial charge in [-0.25, -0.2) is 0 Å². The van der Waals surface area contributed by atoms with E-state index in [2.05, 4.69) is 20.8 Å². The monoisotopic (exact) mass is 351 g/mol. The highest BCUT2D eigenvalue weighted by Crippen LogP contribution is 2.22. The molecule has 1 aromatic heterocycles. The third-order valence-electron chi connectivity index (χ3n) is 4.40. The molecule has 0 spiro atoms. The highest BCUT2D eigenvalue weighted by molar-refractivity contribution is 5.98. The molecule has 26 heavy (non-hydrogen) atoms. The van der Waals surface area contributed by atoms with Gasteiger partial charge >= 0.3 is 0 Å². The van der Waals surface area contributed by atoms with Gasteiger partial charge in [0, 0.05) is 6.54 Å². The first-order valence-corrected chi connectivity index (χ1v) is 8.35. The van der Waals surface area contributed by atoms with Crippen LogP contribution in [0.3, 0.4) is 0 Å². The van der Waals surface area contributed by atoms with Crippen molar-refractivity contribution >= 4 is 5.91 Å². The molecule has 0 atom stereocenters. The average Bonchev–Trinajstić information content (AvgIpc) is 3.18. The lowest BCUT2D eigenvalue weighted by Crippen LogP contribution is -2.27. The fraction of sp³-hybridized carbons (Fsp3) is 0.263. The minimum Gasteiger partial charge on any atom is -0.496 e. The summed E-state index contributed by atoms with van der Waals surface area (Å²) in [6, 6.07) is 11.5. The zero-order valence-corrected chi connectivity index (χ0v) is 15.1. The van der Waals surface area contributed by atoms with E-state index in [4.69, 9.17) is 4.74 Å². The van der Waals surface area contributed by atoms with Crippen LogP contribution in [0.1, 0.15) is 27.0 Å². The molecule has 0 saturated heterocycles. The molecule has 134 valence electrons. The maximum atomic E-state index is 12.7. The van der Waals surface area contributed by atoms with E-state index in [-0.39, 0.29) is 5.91 Å². The lowest BCUT2D eigenvalue weighted by atomic mass is 10.0. The number of nitrogens with zero attached hydrogens (tertiary/aromatic N) is 4. The summed E-state index contributed by atoms with van der Waals surface area (Å²) in [4.78, 5) is 12.7. The Bertz CT molecular complexity index is 906. The van der Waals surface area contributed by atoms with Crippen molar-refractivity contribution in [2.24, 2.45) is 0 Å². The molecule has 1 N–H and O–H groups in total. The number of rotatable bonds is 6. The van der Waals surface area contributed by atoms with Gasteiger partial charge in [0.1, 0.15) is 12.1 Å². The third kappa shape index (κ3) is 3.56. The first-order chi connectivity index (χ1) is 12.6. The maximum absolute atomic E-state index is 12.7. The summed E-state index contributed by atoms with van der Waals surface area (Å²) in [6.45, 7) is 4.45. The molecule has 1 heterocycles. The quantitative estimate of drug-likeness (QED) is 0.737. The smallest absolute Gasteiger partial charge is 0.253 e. The van der Waals surface area contributed by atoms with E-state index in [0.717, 1.165) is 22.4 Å². The van der Waals surface area contributed by atoms with E-state index in [9.17, 15) is 4.79 Å². The molecule has 3 aromatic rings. The van der Waals surface area contributed by atoms with Crippen LogP contribution in [0.15, 0.2) is 42.7 Å². The number of ether oxygens (including phenoxy) is 1. The van der Waals surface area contributed by atoms with Crippen LogP contribution in [0.5, 0.6) is 5.75 Å².